The average Bonchev–Trinajstić information content (AvgIpc) is 2.35. The Hall–Kier alpha value is -1.67. The zero-order valence-corrected chi connectivity index (χ0v) is 11.2. The van der Waals surface area contributed by atoms with Crippen LogP contribution in [0.2, 0.25) is 0 Å². The maximum absolute atomic E-state index is 11.7. The van der Waals surface area contributed by atoms with Crippen LogP contribution < -0.4 is 11.1 Å². The van der Waals surface area contributed by atoms with Crippen LogP contribution in [0.1, 0.15) is 12.8 Å². The number of nitrogens with one attached hydrogen (secondary N) is 1. The van der Waals surface area contributed by atoms with Gasteiger partial charge in [-0.15, -0.1) is 0 Å². The Kier molecular flexibility index (Phi) is 8.47. The Labute approximate surface area is 111 Å². The molecule has 0 aliphatic carbocycles. The maximum atomic E-state index is 11.7. The summed E-state index contributed by atoms with van der Waals surface area (Å²) in [4.78, 5) is 34.7. The van der Waals surface area contributed by atoms with E-state index < -0.39 is 17.9 Å². The minimum atomic E-state index is -1.01. The third-order valence-electron chi connectivity index (χ3n) is 2.37. The fraction of sp³-hybridized carbons (Fsp3) is 0.727. The number of hydrogen-bond acceptors (Lipinski definition) is 5. The highest BCUT2D eigenvalue weighted by Crippen LogP contribution is 1.99. The molecule has 110 valence electrons. The number of aliphatic carboxylic acids is 1. The summed E-state index contributed by atoms with van der Waals surface area (Å²) in [5, 5.41) is 11.1. The summed E-state index contributed by atoms with van der Waals surface area (Å²) in [6.45, 7) is 0.632. The summed E-state index contributed by atoms with van der Waals surface area (Å²) in [6, 6.07) is -0.909. The first-order chi connectivity index (χ1) is 8.88. The zero-order valence-electron chi connectivity index (χ0n) is 11.2. The quantitative estimate of drug-likeness (QED) is 0.436. The molecule has 0 radical (unpaired) electrons. The number of methoxy groups -OCH3 is 1. The van der Waals surface area contributed by atoms with Gasteiger partial charge >= 0.3 is 5.97 Å². The number of carbonyl (C=O) groups excluding carboxylic acids is 2. The van der Waals surface area contributed by atoms with Crippen LogP contribution in [-0.4, -0.2) is 67.7 Å². The number of likely N-dealkylation sites (N-methyl/N-ethyl adjacent to an activating group) is 1. The summed E-state index contributed by atoms with van der Waals surface area (Å²) in [7, 11) is 2.96. The van der Waals surface area contributed by atoms with Crippen molar-refractivity contribution in [3.05, 3.63) is 0 Å². The molecule has 0 aliphatic heterocycles. The van der Waals surface area contributed by atoms with E-state index in [1.54, 1.807) is 0 Å². The van der Waals surface area contributed by atoms with Crippen LogP contribution in [0.5, 0.6) is 0 Å². The molecule has 1 atom stereocenters. The number of hydrogen-bond donors (Lipinski definition) is 3. The van der Waals surface area contributed by atoms with E-state index in [1.165, 1.54) is 19.1 Å². The van der Waals surface area contributed by atoms with E-state index in [0.717, 1.165) is 0 Å². The first-order valence-corrected chi connectivity index (χ1v) is 5.86. The van der Waals surface area contributed by atoms with Gasteiger partial charge in [-0.3, -0.25) is 14.4 Å². The molecule has 19 heavy (non-hydrogen) atoms. The van der Waals surface area contributed by atoms with Gasteiger partial charge in [-0.2, -0.15) is 0 Å². The van der Waals surface area contributed by atoms with Gasteiger partial charge in [-0.1, -0.05) is 0 Å². The SMILES string of the molecule is COCCNC(=O)CN(C)C(=O)C(N)CCC(=O)O. The molecule has 0 heterocycles. The molecule has 0 aromatic carbocycles. The fourth-order valence-electron chi connectivity index (χ4n) is 1.33. The molecule has 0 saturated carbocycles. The van der Waals surface area contributed by atoms with E-state index in [0.29, 0.717) is 13.2 Å². The number of carboxylic acids is 1. The third kappa shape index (κ3) is 8.11. The molecule has 1 unspecified atom stereocenters. The molecule has 8 nitrogen and oxygen atoms in total. The van der Waals surface area contributed by atoms with Crippen LogP contribution in [0.3, 0.4) is 0 Å². The van der Waals surface area contributed by atoms with Gasteiger partial charge in [0.2, 0.25) is 11.8 Å². The largest absolute Gasteiger partial charge is 0.481 e. The first kappa shape index (κ1) is 17.3. The molecule has 0 saturated heterocycles. The van der Waals surface area contributed by atoms with Crippen molar-refractivity contribution in [3.8, 4) is 0 Å². The third-order valence-corrected chi connectivity index (χ3v) is 2.37. The molecule has 0 aromatic heterocycles. The van der Waals surface area contributed by atoms with E-state index in [4.69, 9.17) is 15.6 Å². The second-order valence-corrected chi connectivity index (χ2v) is 4.08. The minimum Gasteiger partial charge on any atom is -0.481 e. The summed E-state index contributed by atoms with van der Waals surface area (Å²) in [6.07, 6.45) is -0.134. The molecular weight excluding hydrogens is 254 g/mol. The molecule has 0 spiro atoms. The van der Waals surface area contributed by atoms with Crippen molar-refractivity contribution in [3.63, 3.8) is 0 Å². The molecule has 8 heteroatoms. The lowest BCUT2D eigenvalue weighted by atomic mass is 10.1. The highest BCUT2D eigenvalue weighted by atomic mass is 16.5. The van der Waals surface area contributed by atoms with Gasteiger partial charge in [0.05, 0.1) is 19.2 Å². The van der Waals surface area contributed by atoms with Gasteiger partial charge < -0.3 is 25.8 Å². The van der Waals surface area contributed by atoms with Crippen LogP contribution in [0.4, 0.5) is 0 Å². The zero-order chi connectivity index (χ0) is 14.8. The lowest BCUT2D eigenvalue weighted by molar-refractivity contribution is -0.138. The number of nitrogens with zero attached hydrogens (tertiary/aromatic N) is 1. The number of carboxylic acid groups (broad SMARTS) is 1. The maximum Gasteiger partial charge on any atom is 0.303 e. The van der Waals surface area contributed by atoms with Crippen molar-refractivity contribution in [2.24, 2.45) is 5.73 Å². The predicted octanol–water partition coefficient (Wildman–Crippen LogP) is -1.60. The molecule has 4 N–H and O–H groups in total. The Bertz CT molecular complexity index is 321. The van der Waals surface area contributed by atoms with Gasteiger partial charge in [-0.05, 0) is 6.42 Å². The number of nitrogens with two attached hydrogens (primary N) is 1. The summed E-state index contributed by atoms with van der Waals surface area (Å²) in [5.41, 5.74) is 5.56. The van der Waals surface area contributed by atoms with E-state index in [-0.39, 0.29) is 25.3 Å². The molecule has 0 aromatic rings. The topological polar surface area (TPSA) is 122 Å². The highest BCUT2D eigenvalue weighted by Gasteiger charge is 2.20. The van der Waals surface area contributed by atoms with Crippen molar-refractivity contribution in [2.45, 2.75) is 18.9 Å². The van der Waals surface area contributed by atoms with Gasteiger partial charge in [0.25, 0.3) is 0 Å². The highest BCUT2D eigenvalue weighted by molar-refractivity contribution is 5.87. The standard InChI is InChI=1S/C11H21N3O5/c1-14(7-9(15)13-5-6-19-2)11(18)8(12)3-4-10(16)17/h8H,3-7,12H2,1-2H3,(H,13,15)(H,16,17). The molecule has 2 amide bonds. The lowest BCUT2D eigenvalue weighted by Crippen LogP contribution is -2.46. The van der Waals surface area contributed by atoms with Gasteiger partial charge in [0.1, 0.15) is 0 Å². The van der Waals surface area contributed by atoms with Crippen LogP contribution in [0.15, 0.2) is 0 Å². The van der Waals surface area contributed by atoms with Crippen molar-refractivity contribution in [1.29, 1.82) is 0 Å². The van der Waals surface area contributed by atoms with Crippen LogP contribution in [0.25, 0.3) is 0 Å². The van der Waals surface area contributed by atoms with Crippen LogP contribution in [-0.2, 0) is 19.1 Å². The Morgan fingerprint density at radius 2 is 2.05 bits per heavy atom. The van der Waals surface area contributed by atoms with Gasteiger partial charge in [-0.25, -0.2) is 0 Å². The van der Waals surface area contributed by atoms with Crippen molar-refractivity contribution < 1.29 is 24.2 Å². The fourth-order valence-corrected chi connectivity index (χ4v) is 1.33. The normalized spacial score (nSPS) is 11.7. The summed E-state index contributed by atoms with van der Waals surface area (Å²) in [5.74, 6) is -1.79. The van der Waals surface area contributed by atoms with Crippen molar-refractivity contribution in [2.75, 3.05) is 33.9 Å². The summed E-state index contributed by atoms with van der Waals surface area (Å²) >= 11 is 0. The second-order valence-electron chi connectivity index (χ2n) is 4.08. The number of rotatable bonds is 9. The molecule has 0 bridgehead atoms. The van der Waals surface area contributed by atoms with Crippen LogP contribution >= 0.6 is 0 Å². The number of amides is 2. The smallest absolute Gasteiger partial charge is 0.303 e. The number of ether oxygens (including phenoxy) is 1. The van der Waals surface area contributed by atoms with Gasteiger partial charge in [0, 0.05) is 27.1 Å². The minimum absolute atomic E-state index is 0.0454. The molecule has 0 aliphatic rings. The molecule has 0 fully saturated rings. The van der Waals surface area contributed by atoms with E-state index in [2.05, 4.69) is 5.32 Å². The van der Waals surface area contributed by atoms with Crippen LogP contribution in [0, 0.1) is 0 Å². The lowest BCUT2D eigenvalue weighted by Gasteiger charge is -2.20. The van der Waals surface area contributed by atoms with Crippen molar-refractivity contribution >= 4 is 17.8 Å². The van der Waals surface area contributed by atoms with E-state index >= 15 is 0 Å². The Morgan fingerprint density at radius 1 is 1.42 bits per heavy atom. The predicted molar refractivity (Wildman–Crippen MR) is 67.4 cm³/mol. The van der Waals surface area contributed by atoms with Gasteiger partial charge in [0.15, 0.2) is 0 Å². The molecular formula is C11H21N3O5. The van der Waals surface area contributed by atoms with E-state index in [1.807, 2.05) is 0 Å². The van der Waals surface area contributed by atoms with E-state index in [9.17, 15) is 14.4 Å². The Morgan fingerprint density at radius 3 is 2.58 bits per heavy atom. The van der Waals surface area contributed by atoms with Crippen molar-refractivity contribution in [1.82, 2.24) is 10.2 Å². The monoisotopic (exact) mass is 275 g/mol. The first-order valence-electron chi connectivity index (χ1n) is 5.86. The average molecular weight is 275 g/mol. The second kappa shape index (κ2) is 9.29. The molecule has 0 rings (SSSR count). The summed E-state index contributed by atoms with van der Waals surface area (Å²) < 4.78 is 4.77. The number of carbonyl (C=O) groups is 3. The Balaban J connectivity index is 4.03.